The Labute approximate surface area is 161 Å². The monoisotopic (exact) mass is 386 g/mol. The second-order valence-electron chi connectivity index (χ2n) is 8.23. The van der Waals surface area contributed by atoms with Crippen LogP contribution < -0.4 is 21.7 Å². The fourth-order valence-electron chi connectivity index (χ4n) is 2.17. The zero-order valence-electron chi connectivity index (χ0n) is 17.5. The molecule has 0 spiro atoms. The number of amides is 4. The average Bonchev–Trinajstić information content (AvgIpc) is 2.46. The molecular formula is C18H34N4O5. The molecule has 9 nitrogen and oxygen atoms in total. The molecule has 27 heavy (non-hydrogen) atoms. The standard InChI is InChI=1S/C18H34N4O5/c1-9(2)12(14(19)23)21-16(25)13(10(3)4)22-15(24)11(5)20-17(26)27-18(6,7)8/h9-13H,1-8H3,(H2,19,23)(H,20,26)(H,21,25)(H,22,24)/t11-,12-,13+/m1/s1. The van der Waals surface area contributed by atoms with Crippen LogP contribution in [0.2, 0.25) is 0 Å². The minimum Gasteiger partial charge on any atom is -0.444 e. The van der Waals surface area contributed by atoms with Gasteiger partial charge in [0.25, 0.3) is 0 Å². The van der Waals surface area contributed by atoms with Gasteiger partial charge in [0.05, 0.1) is 0 Å². The Morgan fingerprint density at radius 3 is 1.59 bits per heavy atom. The normalized spacial score (nSPS) is 14.9. The van der Waals surface area contributed by atoms with Gasteiger partial charge in [-0.15, -0.1) is 0 Å². The van der Waals surface area contributed by atoms with Crippen LogP contribution in [0.4, 0.5) is 4.79 Å². The maximum atomic E-state index is 12.5. The van der Waals surface area contributed by atoms with E-state index in [1.54, 1.807) is 48.5 Å². The van der Waals surface area contributed by atoms with E-state index < -0.39 is 47.5 Å². The number of ether oxygens (including phenoxy) is 1. The van der Waals surface area contributed by atoms with Crippen LogP contribution in [0.15, 0.2) is 0 Å². The van der Waals surface area contributed by atoms with E-state index in [2.05, 4.69) is 16.0 Å². The molecular weight excluding hydrogens is 352 g/mol. The van der Waals surface area contributed by atoms with Crippen molar-refractivity contribution in [3.63, 3.8) is 0 Å². The summed E-state index contributed by atoms with van der Waals surface area (Å²) in [7, 11) is 0. The maximum absolute atomic E-state index is 12.5. The van der Waals surface area contributed by atoms with Gasteiger partial charge in [0.2, 0.25) is 17.7 Å². The van der Waals surface area contributed by atoms with Crippen molar-refractivity contribution < 1.29 is 23.9 Å². The van der Waals surface area contributed by atoms with Crippen molar-refractivity contribution in [2.45, 2.75) is 79.1 Å². The summed E-state index contributed by atoms with van der Waals surface area (Å²) in [6.07, 6.45) is -0.732. The highest BCUT2D eigenvalue weighted by atomic mass is 16.6. The molecule has 0 radical (unpaired) electrons. The molecule has 5 N–H and O–H groups in total. The van der Waals surface area contributed by atoms with Crippen molar-refractivity contribution in [2.24, 2.45) is 17.6 Å². The van der Waals surface area contributed by atoms with Crippen LogP contribution in [0.5, 0.6) is 0 Å². The van der Waals surface area contributed by atoms with Crippen LogP contribution in [0, 0.1) is 11.8 Å². The van der Waals surface area contributed by atoms with Crippen molar-refractivity contribution in [1.29, 1.82) is 0 Å². The molecule has 0 bridgehead atoms. The molecule has 0 saturated heterocycles. The third-order valence-electron chi connectivity index (χ3n) is 3.64. The van der Waals surface area contributed by atoms with Gasteiger partial charge in [-0.1, -0.05) is 27.7 Å². The Bertz CT molecular complexity index is 554. The van der Waals surface area contributed by atoms with E-state index in [9.17, 15) is 19.2 Å². The third kappa shape index (κ3) is 9.25. The second-order valence-corrected chi connectivity index (χ2v) is 8.23. The van der Waals surface area contributed by atoms with Crippen molar-refractivity contribution in [1.82, 2.24) is 16.0 Å². The Morgan fingerprint density at radius 1 is 0.778 bits per heavy atom. The van der Waals surface area contributed by atoms with Gasteiger partial charge in [-0.05, 0) is 39.5 Å². The van der Waals surface area contributed by atoms with E-state index in [4.69, 9.17) is 10.5 Å². The van der Waals surface area contributed by atoms with Crippen LogP contribution in [-0.2, 0) is 19.1 Å². The molecule has 0 aromatic rings. The molecule has 0 aliphatic carbocycles. The smallest absolute Gasteiger partial charge is 0.408 e. The van der Waals surface area contributed by atoms with E-state index in [1.807, 2.05) is 0 Å². The number of nitrogens with two attached hydrogens (primary N) is 1. The zero-order valence-corrected chi connectivity index (χ0v) is 17.5. The zero-order chi connectivity index (χ0) is 21.5. The first-order chi connectivity index (χ1) is 12.2. The van der Waals surface area contributed by atoms with Crippen LogP contribution in [0.1, 0.15) is 55.4 Å². The molecule has 156 valence electrons. The van der Waals surface area contributed by atoms with E-state index in [1.165, 1.54) is 6.92 Å². The summed E-state index contributed by atoms with van der Waals surface area (Å²) in [6.45, 7) is 13.6. The van der Waals surface area contributed by atoms with Gasteiger partial charge in [-0.2, -0.15) is 0 Å². The molecule has 0 aliphatic heterocycles. The lowest BCUT2D eigenvalue weighted by molar-refractivity contribution is -0.133. The Balaban J connectivity index is 4.98. The molecule has 0 aromatic carbocycles. The Hall–Kier alpha value is -2.32. The fourth-order valence-corrected chi connectivity index (χ4v) is 2.17. The number of hydrogen-bond acceptors (Lipinski definition) is 5. The summed E-state index contributed by atoms with van der Waals surface area (Å²) in [5, 5.41) is 7.58. The summed E-state index contributed by atoms with van der Waals surface area (Å²) in [6, 6.07) is -2.64. The van der Waals surface area contributed by atoms with Gasteiger partial charge in [-0.25, -0.2) is 4.79 Å². The Kier molecular flexibility index (Phi) is 9.26. The second kappa shape index (κ2) is 10.1. The van der Waals surface area contributed by atoms with E-state index in [-0.39, 0.29) is 11.8 Å². The number of carbonyl (C=O) groups excluding carboxylic acids is 4. The number of alkyl carbamates (subject to hydrolysis) is 1. The molecule has 0 aliphatic rings. The number of primary amides is 1. The third-order valence-corrected chi connectivity index (χ3v) is 3.64. The lowest BCUT2D eigenvalue weighted by atomic mass is 9.99. The highest BCUT2D eigenvalue weighted by Crippen LogP contribution is 2.08. The number of hydrogen-bond donors (Lipinski definition) is 4. The number of nitrogens with one attached hydrogen (secondary N) is 3. The van der Waals surface area contributed by atoms with Crippen LogP contribution in [-0.4, -0.2) is 47.5 Å². The van der Waals surface area contributed by atoms with Crippen molar-refractivity contribution >= 4 is 23.8 Å². The molecule has 3 atom stereocenters. The summed E-state index contributed by atoms with van der Waals surface area (Å²) >= 11 is 0. The number of rotatable bonds is 8. The SMILES string of the molecule is CC(C)[C@H](NC(=O)[C@@H](C)NC(=O)OC(C)(C)C)C(=O)N[C@@H](C(N)=O)C(C)C. The lowest BCUT2D eigenvalue weighted by Gasteiger charge is -2.27. The minimum atomic E-state index is -0.911. The predicted molar refractivity (Wildman–Crippen MR) is 102 cm³/mol. The molecule has 0 saturated carbocycles. The summed E-state index contributed by atoms with van der Waals surface area (Å²) in [5.74, 6) is -2.14. The van der Waals surface area contributed by atoms with Gasteiger partial charge in [0.1, 0.15) is 23.7 Å². The molecule has 0 unspecified atom stereocenters. The van der Waals surface area contributed by atoms with Crippen LogP contribution in [0.3, 0.4) is 0 Å². The lowest BCUT2D eigenvalue weighted by Crippen LogP contribution is -2.58. The average molecular weight is 386 g/mol. The largest absolute Gasteiger partial charge is 0.444 e. The molecule has 9 heteroatoms. The summed E-state index contributed by atoms with van der Waals surface area (Å²) < 4.78 is 5.10. The van der Waals surface area contributed by atoms with Crippen molar-refractivity contribution in [3.8, 4) is 0 Å². The van der Waals surface area contributed by atoms with Gasteiger partial charge in [0.15, 0.2) is 0 Å². The summed E-state index contributed by atoms with van der Waals surface area (Å²) in [5.41, 5.74) is 4.62. The highest BCUT2D eigenvalue weighted by Gasteiger charge is 2.31. The van der Waals surface area contributed by atoms with Gasteiger partial charge < -0.3 is 26.4 Å². The first-order valence-corrected chi connectivity index (χ1v) is 9.05. The molecule has 0 aromatic heterocycles. The summed E-state index contributed by atoms with van der Waals surface area (Å²) in [4.78, 5) is 48.2. The van der Waals surface area contributed by atoms with Gasteiger partial charge in [0, 0.05) is 0 Å². The first-order valence-electron chi connectivity index (χ1n) is 9.05. The van der Waals surface area contributed by atoms with E-state index in [0.717, 1.165) is 0 Å². The van der Waals surface area contributed by atoms with E-state index >= 15 is 0 Å². The van der Waals surface area contributed by atoms with Crippen molar-refractivity contribution in [3.05, 3.63) is 0 Å². The minimum absolute atomic E-state index is 0.192. The van der Waals surface area contributed by atoms with Gasteiger partial charge >= 0.3 is 6.09 Å². The fraction of sp³-hybridized carbons (Fsp3) is 0.778. The maximum Gasteiger partial charge on any atom is 0.408 e. The van der Waals surface area contributed by atoms with E-state index in [0.29, 0.717) is 0 Å². The Morgan fingerprint density at radius 2 is 1.22 bits per heavy atom. The predicted octanol–water partition coefficient (Wildman–Crippen LogP) is 0.667. The highest BCUT2D eigenvalue weighted by molar-refractivity contribution is 5.93. The van der Waals surface area contributed by atoms with Crippen LogP contribution in [0.25, 0.3) is 0 Å². The van der Waals surface area contributed by atoms with Crippen molar-refractivity contribution in [2.75, 3.05) is 0 Å². The quantitative estimate of drug-likeness (QED) is 0.485. The molecule has 0 heterocycles. The molecule has 0 fully saturated rings. The molecule has 0 rings (SSSR count). The van der Waals surface area contributed by atoms with Crippen LogP contribution >= 0.6 is 0 Å². The topological polar surface area (TPSA) is 140 Å². The number of carbonyl (C=O) groups is 4. The van der Waals surface area contributed by atoms with Gasteiger partial charge in [-0.3, -0.25) is 14.4 Å². The first kappa shape index (κ1) is 24.7. The molecule has 4 amide bonds.